The number of rotatable bonds is 7. The van der Waals surface area contributed by atoms with Crippen LogP contribution in [0.1, 0.15) is 13.3 Å². The lowest BCUT2D eigenvalue weighted by Crippen LogP contribution is -2.28. The van der Waals surface area contributed by atoms with Crippen LogP contribution in [0.3, 0.4) is 0 Å². The number of aromatic nitrogens is 2. The van der Waals surface area contributed by atoms with E-state index in [4.69, 9.17) is 0 Å². The average molecular weight is 280 g/mol. The first-order valence-corrected chi connectivity index (χ1v) is 6.77. The summed E-state index contributed by atoms with van der Waals surface area (Å²) >= 11 is 0. The minimum Gasteiger partial charge on any atom is -0.354 e. The zero-order chi connectivity index (χ0) is 13.6. The third-order valence-corrected chi connectivity index (χ3v) is 3.28. The third-order valence-electron chi connectivity index (χ3n) is 1.90. The van der Waals surface area contributed by atoms with E-state index in [1.165, 1.54) is 0 Å². The highest BCUT2D eigenvalue weighted by atomic mass is 32.2. The van der Waals surface area contributed by atoms with Gasteiger partial charge in [0.15, 0.2) is 0 Å². The molecule has 0 unspecified atom stereocenters. The summed E-state index contributed by atoms with van der Waals surface area (Å²) in [6, 6.07) is 0. The molecule has 0 aliphatic rings. The standard InChI is InChI=1S/C9H14F2N4O2S/c1-2-3-12-9-13-4-7(5-14-9)18(16,17)15-6-8(10)11/h4-5,8,15H,2-3,6H2,1H3,(H,12,13,14). The van der Waals surface area contributed by atoms with Gasteiger partial charge in [-0.05, 0) is 6.42 Å². The van der Waals surface area contributed by atoms with Crippen molar-refractivity contribution in [3.05, 3.63) is 12.4 Å². The Labute approximate surface area is 104 Å². The van der Waals surface area contributed by atoms with E-state index in [1.807, 2.05) is 6.92 Å². The molecule has 0 bridgehead atoms. The maximum Gasteiger partial charge on any atom is 0.251 e. The van der Waals surface area contributed by atoms with Crippen LogP contribution < -0.4 is 10.0 Å². The van der Waals surface area contributed by atoms with E-state index in [9.17, 15) is 17.2 Å². The lowest BCUT2D eigenvalue weighted by molar-refractivity contribution is 0.153. The fraction of sp³-hybridized carbons (Fsp3) is 0.556. The van der Waals surface area contributed by atoms with Crippen molar-refractivity contribution in [3.8, 4) is 0 Å². The van der Waals surface area contributed by atoms with Gasteiger partial charge in [0.05, 0.1) is 18.9 Å². The molecule has 0 saturated heterocycles. The van der Waals surface area contributed by atoms with Crippen molar-refractivity contribution in [1.29, 1.82) is 0 Å². The van der Waals surface area contributed by atoms with E-state index in [0.29, 0.717) is 12.5 Å². The number of hydrogen-bond acceptors (Lipinski definition) is 5. The lowest BCUT2D eigenvalue weighted by Gasteiger charge is -2.06. The zero-order valence-corrected chi connectivity index (χ0v) is 10.5. The molecule has 102 valence electrons. The van der Waals surface area contributed by atoms with E-state index in [-0.39, 0.29) is 4.90 Å². The summed E-state index contributed by atoms with van der Waals surface area (Å²) in [5.41, 5.74) is 0. The maximum absolute atomic E-state index is 11.9. The van der Waals surface area contributed by atoms with Crippen LogP contribution in [0.25, 0.3) is 0 Å². The second-order valence-electron chi connectivity index (χ2n) is 3.41. The first-order chi connectivity index (χ1) is 8.45. The van der Waals surface area contributed by atoms with Gasteiger partial charge in [0.1, 0.15) is 4.90 Å². The quantitative estimate of drug-likeness (QED) is 0.773. The first-order valence-electron chi connectivity index (χ1n) is 5.29. The molecular formula is C9H14F2N4O2S. The van der Waals surface area contributed by atoms with Gasteiger partial charge in [-0.25, -0.2) is 31.9 Å². The fourth-order valence-corrected chi connectivity index (χ4v) is 1.93. The van der Waals surface area contributed by atoms with Crippen LogP contribution in [-0.4, -0.2) is 37.9 Å². The van der Waals surface area contributed by atoms with Crippen molar-refractivity contribution in [2.75, 3.05) is 18.4 Å². The Bertz CT molecular complexity index is 464. The fourth-order valence-electron chi connectivity index (χ4n) is 1.04. The van der Waals surface area contributed by atoms with Crippen LogP contribution in [0.5, 0.6) is 0 Å². The zero-order valence-electron chi connectivity index (χ0n) is 9.73. The van der Waals surface area contributed by atoms with Crippen LogP contribution in [-0.2, 0) is 10.0 Å². The topological polar surface area (TPSA) is 84.0 Å². The number of anilines is 1. The van der Waals surface area contributed by atoms with E-state index in [1.54, 1.807) is 4.72 Å². The molecule has 0 aromatic carbocycles. The average Bonchev–Trinajstić information content (AvgIpc) is 2.34. The highest BCUT2D eigenvalue weighted by Gasteiger charge is 2.17. The molecule has 0 amide bonds. The van der Waals surface area contributed by atoms with Gasteiger partial charge in [-0.15, -0.1) is 0 Å². The van der Waals surface area contributed by atoms with Crippen molar-refractivity contribution in [2.24, 2.45) is 0 Å². The SMILES string of the molecule is CCCNc1ncc(S(=O)(=O)NCC(F)F)cn1. The van der Waals surface area contributed by atoms with Gasteiger partial charge in [-0.1, -0.05) is 6.92 Å². The predicted molar refractivity (Wildman–Crippen MR) is 62.0 cm³/mol. The molecule has 1 aromatic rings. The second kappa shape index (κ2) is 6.55. The summed E-state index contributed by atoms with van der Waals surface area (Å²) in [6.45, 7) is 1.69. The van der Waals surface area contributed by atoms with Crippen molar-refractivity contribution < 1.29 is 17.2 Å². The number of sulfonamides is 1. The van der Waals surface area contributed by atoms with Crippen LogP contribution in [0, 0.1) is 0 Å². The van der Waals surface area contributed by atoms with Gasteiger partial charge in [-0.3, -0.25) is 0 Å². The number of nitrogens with one attached hydrogen (secondary N) is 2. The van der Waals surface area contributed by atoms with Crippen LogP contribution in [0.4, 0.5) is 14.7 Å². The minimum absolute atomic E-state index is 0.245. The van der Waals surface area contributed by atoms with Crippen LogP contribution in [0.2, 0.25) is 0 Å². The van der Waals surface area contributed by atoms with Crippen LogP contribution in [0.15, 0.2) is 17.3 Å². The molecule has 9 heteroatoms. The summed E-state index contributed by atoms with van der Waals surface area (Å²) < 4.78 is 48.6. The second-order valence-corrected chi connectivity index (χ2v) is 5.18. The Morgan fingerprint density at radius 3 is 2.44 bits per heavy atom. The predicted octanol–water partition coefficient (Wildman–Crippen LogP) is 0.842. The molecule has 0 radical (unpaired) electrons. The van der Waals surface area contributed by atoms with Gasteiger partial charge >= 0.3 is 0 Å². The number of alkyl halides is 2. The normalized spacial score (nSPS) is 11.8. The molecule has 0 fully saturated rings. The van der Waals surface area contributed by atoms with E-state index in [2.05, 4.69) is 15.3 Å². The summed E-state index contributed by atoms with van der Waals surface area (Å²) in [7, 11) is -3.98. The largest absolute Gasteiger partial charge is 0.354 e. The molecule has 0 aliphatic heterocycles. The van der Waals surface area contributed by atoms with E-state index >= 15 is 0 Å². The Morgan fingerprint density at radius 1 is 1.33 bits per heavy atom. The molecule has 0 atom stereocenters. The van der Waals surface area contributed by atoms with Gasteiger partial charge in [0.2, 0.25) is 16.0 Å². The van der Waals surface area contributed by atoms with Gasteiger partial charge < -0.3 is 5.32 Å². The Balaban J connectivity index is 2.71. The molecule has 6 nitrogen and oxygen atoms in total. The molecule has 1 aromatic heterocycles. The summed E-state index contributed by atoms with van der Waals surface area (Å²) in [5, 5.41) is 2.87. The molecule has 1 heterocycles. The smallest absolute Gasteiger partial charge is 0.251 e. The van der Waals surface area contributed by atoms with Crippen LogP contribution >= 0.6 is 0 Å². The van der Waals surface area contributed by atoms with E-state index < -0.39 is 23.0 Å². The molecule has 0 aliphatic carbocycles. The summed E-state index contributed by atoms with van der Waals surface area (Å²) in [5.74, 6) is 0.296. The molecule has 2 N–H and O–H groups in total. The molecule has 0 saturated carbocycles. The molecule has 18 heavy (non-hydrogen) atoms. The van der Waals surface area contributed by atoms with Gasteiger partial charge in [0.25, 0.3) is 6.43 Å². The highest BCUT2D eigenvalue weighted by Crippen LogP contribution is 2.07. The lowest BCUT2D eigenvalue weighted by atomic mass is 10.5. The Kier molecular flexibility index (Phi) is 5.35. The third kappa shape index (κ3) is 4.49. The van der Waals surface area contributed by atoms with Gasteiger partial charge in [-0.2, -0.15) is 0 Å². The number of halogens is 2. The van der Waals surface area contributed by atoms with Crippen molar-refractivity contribution in [2.45, 2.75) is 24.7 Å². The number of hydrogen-bond donors (Lipinski definition) is 2. The highest BCUT2D eigenvalue weighted by molar-refractivity contribution is 7.89. The molecular weight excluding hydrogens is 266 g/mol. The maximum atomic E-state index is 11.9. The minimum atomic E-state index is -3.98. The Morgan fingerprint density at radius 2 is 1.94 bits per heavy atom. The van der Waals surface area contributed by atoms with Crippen molar-refractivity contribution >= 4 is 16.0 Å². The number of nitrogens with zero attached hydrogens (tertiary/aromatic N) is 2. The molecule has 1 rings (SSSR count). The van der Waals surface area contributed by atoms with Crippen molar-refractivity contribution in [1.82, 2.24) is 14.7 Å². The van der Waals surface area contributed by atoms with Gasteiger partial charge in [0, 0.05) is 6.54 Å². The Hall–Kier alpha value is -1.35. The van der Waals surface area contributed by atoms with Crippen molar-refractivity contribution in [3.63, 3.8) is 0 Å². The van der Waals surface area contributed by atoms with E-state index in [0.717, 1.165) is 18.8 Å². The first kappa shape index (κ1) is 14.7. The summed E-state index contributed by atoms with van der Waals surface area (Å²) in [6.07, 6.45) is 0.267. The molecule has 0 spiro atoms. The monoisotopic (exact) mass is 280 g/mol. The summed E-state index contributed by atoms with van der Waals surface area (Å²) in [4.78, 5) is 7.32.